The van der Waals surface area contributed by atoms with Crippen molar-refractivity contribution >= 4 is 11.7 Å². The normalized spacial score (nSPS) is 9.79. The molecule has 0 aromatic rings. The maximum Gasteiger partial charge on any atom is 0.231 e. The van der Waals surface area contributed by atoms with Crippen LogP contribution in [0.2, 0.25) is 0 Å². The Kier molecular flexibility index (Phi) is 21.3. The maximum absolute atomic E-state index is 11.4. The number of hydrogen-bond acceptors (Lipinski definition) is 3. The zero-order valence-electron chi connectivity index (χ0n) is 13.2. The summed E-state index contributed by atoms with van der Waals surface area (Å²) < 4.78 is 0.650. The molecule has 0 aliphatic heterocycles. The van der Waals surface area contributed by atoms with Crippen molar-refractivity contribution in [2.24, 2.45) is 0 Å². The van der Waals surface area contributed by atoms with E-state index < -0.39 is 0 Å². The van der Waals surface area contributed by atoms with Crippen molar-refractivity contribution in [3.63, 3.8) is 0 Å². The third-order valence-electron chi connectivity index (χ3n) is 1.95. The molecule has 0 aromatic carbocycles. The fourth-order valence-corrected chi connectivity index (χ4v) is 1.00. The van der Waals surface area contributed by atoms with E-state index >= 15 is 0 Å². The molecule has 0 heterocycles. The third-order valence-corrected chi connectivity index (χ3v) is 1.95. The molecule has 5 nitrogen and oxygen atoms in total. The number of nitrogens with one attached hydrogen (secondary N) is 1. The molecule has 0 unspecified atom stereocenters. The average Bonchev–Trinajstić information content (AvgIpc) is 2.10. The quantitative estimate of drug-likeness (QED) is 0.274. The van der Waals surface area contributed by atoms with Crippen molar-refractivity contribution in [1.82, 2.24) is 10.2 Å². The van der Waals surface area contributed by atoms with E-state index in [1.807, 2.05) is 40.1 Å². The molecule has 7 heteroatoms. The smallest absolute Gasteiger partial charge is 0.231 e. The van der Waals surface area contributed by atoms with Gasteiger partial charge in [-0.2, -0.15) is 0 Å². The summed E-state index contributed by atoms with van der Waals surface area (Å²) in [5.41, 5.74) is 0. The van der Waals surface area contributed by atoms with Gasteiger partial charge in [-0.1, -0.05) is 0 Å². The van der Waals surface area contributed by atoms with Crippen molar-refractivity contribution in [3.8, 4) is 0 Å². The van der Waals surface area contributed by atoms with Gasteiger partial charge in [0.05, 0.1) is 27.6 Å². The first-order valence-electron chi connectivity index (χ1n) is 5.44. The molecule has 0 saturated carbocycles. The molecule has 19 heavy (non-hydrogen) atoms. The van der Waals surface area contributed by atoms with Gasteiger partial charge in [0.15, 0.2) is 6.67 Å². The molecule has 0 saturated heterocycles. The van der Waals surface area contributed by atoms with Crippen molar-refractivity contribution in [2.45, 2.75) is 12.8 Å². The van der Waals surface area contributed by atoms with E-state index in [9.17, 15) is 9.59 Å². The molecule has 0 aliphatic rings. The molecule has 108 valence electrons. The molecule has 0 aromatic heterocycles. The van der Waals surface area contributed by atoms with E-state index in [0.717, 1.165) is 0 Å². The van der Waals surface area contributed by atoms with E-state index in [1.54, 1.807) is 0 Å². The van der Waals surface area contributed by atoms with Crippen LogP contribution in [0, 0.1) is 7.43 Å². The largest absolute Gasteiger partial charge is 0.358 e. The van der Waals surface area contributed by atoms with Crippen LogP contribution < -0.4 is 5.32 Å². The monoisotopic (exact) mass is 423 g/mol. The minimum absolute atomic E-state index is 0. The van der Waals surface area contributed by atoms with Crippen LogP contribution in [0.3, 0.4) is 0 Å². The number of carbonyl (C=O) groups is 2. The van der Waals surface area contributed by atoms with E-state index in [-0.39, 0.29) is 91.0 Å². The van der Waals surface area contributed by atoms with Gasteiger partial charge in [-0.15, -0.1) is 0 Å². The maximum atomic E-state index is 11.4. The number of rotatable bonds is 7. The van der Waals surface area contributed by atoms with Gasteiger partial charge in [0.25, 0.3) is 0 Å². The zero-order chi connectivity index (χ0) is 12.8. The molecule has 0 rings (SSSR count). The van der Waals surface area contributed by atoms with E-state index in [1.165, 1.54) is 0 Å². The summed E-state index contributed by atoms with van der Waals surface area (Å²) in [6, 6.07) is 0. The number of hydrogen-bond donors (Lipinski definition) is 1. The second kappa shape index (κ2) is 14.2. The molecule has 1 amide bonds. The number of Topliss-reactive ketones (excluding diaryl/α,β-unsaturated/α-hetero) is 1. The van der Waals surface area contributed by atoms with Gasteiger partial charge >= 0.3 is 0 Å². The van der Waals surface area contributed by atoms with Gasteiger partial charge in [-0.3, -0.25) is 9.59 Å². The standard InChI is InChI=1S/C11H23N3O2.CH3.2Y/c1-13(2)7-6-10(15)8-11(16)12-9-14(3,4)5;;;/h6-9H2,1-5H3;1H3;;/q;-1;;/p+1. The van der Waals surface area contributed by atoms with Crippen LogP contribution in [0.25, 0.3) is 0 Å². The molecule has 1 N–H and O–H groups in total. The third kappa shape index (κ3) is 21.7. The van der Waals surface area contributed by atoms with Crippen LogP contribution in [-0.4, -0.2) is 69.5 Å². The van der Waals surface area contributed by atoms with Crippen molar-refractivity contribution in [1.29, 1.82) is 0 Å². The van der Waals surface area contributed by atoms with Gasteiger partial charge in [-0.05, 0) is 14.1 Å². The van der Waals surface area contributed by atoms with Crippen molar-refractivity contribution in [3.05, 3.63) is 7.43 Å². The summed E-state index contributed by atoms with van der Waals surface area (Å²) in [5, 5.41) is 2.74. The molecule has 2 radical (unpaired) electrons. The Bertz CT molecular complexity index is 254. The van der Waals surface area contributed by atoms with Gasteiger partial charge in [0, 0.05) is 78.4 Å². The Morgan fingerprint density at radius 3 is 1.95 bits per heavy atom. The molecule has 0 fully saturated rings. The molecule has 0 bridgehead atoms. The number of nitrogens with zero attached hydrogens (tertiary/aromatic N) is 2. The summed E-state index contributed by atoms with van der Waals surface area (Å²) >= 11 is 0. The Balaban J connectivity index is -0.000000375. The van der Waals surface area contributed by atoms with Gasteiger partial charge in [-0.25, -0.2) is 0 Å². The minimum Gasteiger partial charge on any atom is -0.358 e. The van der Waals surface area contributed by atoms with Crippen LogP contribution in [-0.2, 0) is 75.0 Å². The topological polar surface area (TPSA) is 49.4 Å². The van der Waals surface area contributed by atoms with Crippen LogP contribution in [0.5, 0.6) is 0 Å². The van der Waals surface area contributed by atoms with Crippen LogP contribution in [0.15, 0.2) is 0 Å². The molecule has 0 aliphatic carbocycles. The van der Waals surface area contributed by atoms with Crippen LogP contribution in [0.1, 0.15) is 12.8 Å². The van der Waals surface area contributed by atoms with Gasteiger partial charge in [0.1, 0.15) is 5.78 Å². The van der Waals surface area contributed by atoms with Crippen molar-refractivity contribution < 1.29 is 79.5 Å². The Morgan fingerprint density at radius 2 is 1.58 bits per heavy atom. The second-order valence-electron chi connectivity index (χ2n) is 5.32. The molecular formula is C12H27N3O2Y2. The zero-order valence-corrected chi connectivity index (χ0v) is 18.9. The number of amides is 1. The van der Waals surface area contributed by atoms with E-state index in [0.29, 0.717) is 24.1 Å². The average molecular weight is 423 g/mol. The predicted octanol–water partition coefficient (Wildman–Crippen LogP) is 0.122. The van der Waals surface area contributed by atoms with E-state index in [2.05, 4.69) is 5.32 Å². The van der Waals surface area contributed by atoms with Gasteiger partial charge < -0.3 is 22.1 Å². The van der Waals surface area contributed by atoms with Crippen molar-refractivity contribution in [2.75, 3.05) is 48.5 Å². The SMILES string of the molecule is CN(C)CCC(=O)CC(=O)NC[N+](C)(C)C.[CH3-].[Y].[Y]. The fraction of sp³-hybridized carbons (Fsp3) is 0.750. The van der Waals surface area contributed by atoms with E-state index in [4.69, 9.17) is 0 Å². The van der Waals surface area contributed by atoms with Gasteiger partial charge in [0.2, 0.25) is 5.91 Å². The first kappa shape index (κ1) is 28.4. The molecule has 0 spiro atoms. The summed E-state index contributed by atoms with van der Waals surface area (Å²) in [7, 11) is 9.76. The fourth-order valence-electron chi connectivity index (χ4n) is 1.00. The molecule has 0 atom stereocenters. The first-order valence-corrected chi connectivity index (χ1v) is 5.44. The summed E-state index contributed by atoms with van der Waals surface area (Å²) in [5.74, 6) is -0.190. The predicted molar refractivity (Wildman–Crippen MR) is 70.3 cm³/mol. The Labute approximate surface area is 168 Å². The second-order valence-corrected chi connectivity index (χ2v) is 5.32. The number of quaternary nitrogens is 1. The number of ketones is 1. The molecular weight excluding hydrogens is 396 g/mol. The Morgan fingerprint density at radius 1 is 1.11 bits per heavy atom. The first-order chi connectivity index (χ1) is 7.20. The van der Waals surface area contributed by atoms with Crippen LogP contribution >= 0.6 is 0 Å². The van der Waals surface area contributed by atoms with Crippen LogP contribution in [0.4, 0.5) is 0 Å². The number of carbonyl (C=O) groups excluding carboxylic acids is 2. The minimum atomic E-state index is -0.184. The summed E-state index contributed by atoms with van der Waals surface area (Å²) in [6.45, 7) is 1.24. The Hall–Kier alpha value is 1.27. The summed E-state index contributed by atoms with van der Waals surface area (Å²) in [4.78, 5) is 24.7. The summed E-state index contributed by atoms with van der Waals surface area (Å²) in [6.07, 6.45) is 0.429.